The van der Waals surface area contributed by atoms with Crippen LogP contribution in [0.2, 0.25) is 0 Å². The largest absolute Gasteiger partial charge is 0.377 e. The number of nitrogens with one attached hydrogen (secondary N) is 1. The number of aryl methyl sites for hydroxylation is 1. The molecule has 1 aliphatic rings. The molecule has 0 spiro atoms. The Kier molecular flexibility index (Phi) is 2.63. The van der Waals surface area contributed by atoms with Crippen LogP contribution in [0.25, 0.3) is 0 Å². The number of nitrogens with zero attached hydrogens (tertiary/aromatic N) is 1. The third-order valence-corrected chi connectivity index (χ3v) is 2.62. The second-order valence-corrected chi connectivity index (χ2v) is 4.01. The lowest BCUT2D eigenvalue weighted by molar-refractivity contribution is -0.144. The molecule has 1 aromatic carbocycles. The van der Waals surface area contributed by atoms with Crippen LogP contribution in [0.5, 0.6) is 0 Å². The maximum atomic E-state index is 11.8. The van der Waals surface area contributed by atoms with Crippen molar-refractivity contribution in [3.8, 4) is 6.07 Å². The molecule has 82 valence electrons. The van der Waals surface area contributed by atoms with Crippen LogP contribution in [0.3, 0.4) is 0 Å². The van der Waals surface area contributed by atoms with Crippen LogP contribution in [-0.4, -0.2) is 19.1 Å². The molecule has 0 saturated carbocycles. The Balaban J connectivity index is 2.11. The smallest absolute Gasteiger partial charge is 0.249 e. The normalized spacial score (nSPS) is 17.0. The van der Waals surface area contributed by atoms with Crippen LogP contribution >= 0.6 is 0 Å². The van der Waals surface area contributed by atoms with Gasteiger partial charge in [0.15, 0.2) is 5.41 Å². The van der Waals surface area contributed by atoms with E-state index in [4.69, 9.17) is 10.00 Å². The Morgan fingerprint density at radius 2 is 2.31 bits per heavy atom. The molecule has 1 aromatic rings. The third kappa shape index (κ3) is 1.77. The van der Waals surface area contributed by atoms with Gasteiger partial charge in [0.2, 0.25) is 5.91 Å². The van der Waals surface area contributed by atoms with Crippen molar-refractivity contribution >= 4 is 11.6 Å². The van der Waals surface area contributed by atoms with Crippen molar-refractivity contribution in [2.24, 2.45) is 5.41 Å². The fraction of sp³-hybridized carbons (Fsp3) is 0.333. The average Bonchev–Trinajstić information content (AvgIpc) is 2.16. The Hall–Kier alpha value is -1.86. The van der Waals surface area contributed by atoms with E-state index >= 15 is 0 Å². The quantitative estimate of drug-likeness (QED) is 0.814. The predicted molar refractivity (Wildman–Crippen MR) is 58.7 cm³/mol. The van der Waals surface area contributed by atoms with Gasteiger partial charge in [0.25, 0.3) is 0 Å². The molecule has 0 bridgehead atoms. The molecule has 0 radical (unpaired) electrons. The van der Waals surface area contributed by atoms with E-state index in [-0.39, 0.29) is 19.1 Å². The van der Waals surface area contributed by atoms with Gasteiger partial charge in [0.05, 0.1) is 19.3 Å². The van der Waals surface area contributed by atoms with Gasteiger partial charge >= 0.3 is 0 Å². The number of rotatable bonds is 2. The number of carbonyl (C=O) groups excluding carboxylic acids is 1. The molecular formula is C12H12N2O2. The minimum Gasteiger partial charge on any atom is -0.377 e. The molecule has 16 heavy (non-hydrogen) atoms. The number of carbonyl (C=O) groups is 1. The summed E-state index contributed by atoms with van der Waals surface area (Å²) < 4.78 is 4.93. The maximum absolute atomic E-state index is 11.8. The molecule has 1 fully saturated rings. The molecule has 0 atom stereocenters. The summed E-state index contributed by atoms with van der Waals surface area (Å²) in [5.41, 5.74) is 0.782. The lowest BCUT2D eigenvalue weighted by Crippen LogP contribution is -2.50. The lowest BCUT2D eigenvalue weighted by Gasteiger charge is -2.33. The maximum Gasteiger partial charge on any atom is 0.249 e. The van der Waals surface area contributed by atoms with Crippen LogP contribution in [0, 0.1) is 23.7 Å². The number of hydrogen-bond donors (Lipinski definition) is 1. The van der Waals surface area contributed by atoms with Crippen molar-refractivity contribution < 1.29 is 9.53 Å². The summed E-state index contributed by atoms with van der Waals surface area (Å²) in [6.45, 7) is 2.31. The first kappa shape index (κ1) is 10.7. The van der Waals surface area contributed by atoms with E-state index in [1.807, 2.05) is 31.2 Å². The fourth-order valence-electron chi connectivity index (χ4n) is 1.53. The first-order valence-corrected chi connectivity index (χ1v) is 5.03. The monoisotopic (exact) mass is 216 g/mol. The highest BCUT2D eigenvalue weighted by Gasteiger charge is 2.46. The van der Waals surface area contributed by atoms with Gasteiger partial charge in [-0.15, -0.1) is 0 Å². The molecule has 0 aromatic heterocycles. The van der Waals surface area contributed by atoms with Crippen molar-refractivity contribution in [2.75, 3.05) is 18.5 Å². The summed E-state index contributed by atoms with van der Waals surface area (Å²) in [4.78, 5) is 11.8. The Labute approximate surface area is 93.8 Å². The van der Waals surface area contributed by atoms with Crippen molar-refractivity contribution in [1.82, 2.24) is 0 Å². The summed E-state index contributed by atoms with van der Waals surface area (Å²) in [5.74, 6) is -0.285. The zero-order valence-corrected chi connectivity index (χ0v) is 8.99. The van der Waals surface area contributed by atoms with Gasteiger partial charge < -0.3 is 10.1 Å². The molecule has 0 aliphatic carbocycles. The van der Waals surface area contributed by atoms with E-state index in [0.29, 0.717) is 5.69 Å². The van der Waals surface area contributed by atoms with Crippen molar-refractivity contribution in [3.63, 3.8) is 0 Å². The van der Waals surface area contributed by atoms with Gasteiger partial charge in [-0.2, -0.15) is 5.26 Å². The molecule has 2 rings (SSSR count). The first-order chi connectivity index (χ1) is 7.66. The topological polar surface area (TPSA) is 62.1 Å². The van der Waals surface area contributed by atoms with Gasteiger partial charge in [-0.1, -0.05) is 12.1 Å². The lowest BCUT2D eigenvalue weighted by atomic mass is 9.87. The van der Waals surface area contributed by atoms with Gasteiger partial charge in [0, 0.05) is 5.69 Å². The SMILES string of the molecule is Cc1cccc(NC(=O)C2(C#N)COC2)c1. The second kappa shape index (κ2) is 3.95. The summed E-state index contributed by atoms with van der Waals surface area (Å²) in [6.07, 6.45) is 0. The zero-order chi connectivity index (χ0) is 11.6. The number of nitriles is 1. The van der Waals surface area contributed by atoms with Gasteiger partial charge in [-0.05, 0) is 24.6 Å². The fourth-order valence-corrected chi connectivity index (χ4v) is 1.53. The average molecular weight is 216 g/mol. The standard InChI is InChI=1S/C12H12N2O2/c1-9-3-2-4-10(5-9)14-11(15)12(6-13)7-16-8-12/h2-5H,7-8H2,1H3,(H,14,15). The van der Waals surface area contributed by atoms with Crippen LogP contribution < -0.4 is 5.32 Å². The summed E-state index contributed by atoms with van der Waals surface area (Å²) in [7, 11) is 0. The highest BCUT2D eigenvalue weighted by molar-refractivity contribution is 5.98. The summed E-state index contributed by atoms with van der Waals surface area (Å²) in [6, 6.07) is 9.49. The number of benzene rings is 1. The van der Waals surface area contributed by atoms with Crippen LogP contribution in [0.15, 0.2) is 24.3 Å². The molecule has 4 nitrogen and oxygen atoms in total. The minimum absolute atomic E-state index is 0.182. The second-order valence-electron chi connectivity index (χ2n) is 4.01. The van der Waals surface area contributed by atoms with Crippen LogP contribution in [0.4, 0.5) is 5.69 Å². The van der Waals surface area contributed by atoms with Gasteiger partial charge in [0.1, 0.15) is 0 Å². The molecule has 4 heteroatoms. The molecular weight excluding hydrogens is 204 g/mol. The minimum atomic E-state index is -0.996. The Morgan fingerprint density at radius 1 is 1.56 bits per heavy atom. The molecule has 1 heterocycles. The van der Waals surface area contributed by atoms with E-state index in [1.54, 1.807) is 6.07 Å². The zero-order valence-electron chi connectivity index (χ0n) is 8.99. The van der Waals surface area contributed by atoms with E-state index in [2.05, 4.69) is 5.32 Å². The first-order valence-electron chi connectivity index (χ1n) is 5.03. The number of amides is 1. The molecule has 1 saturated heterocycles. The highest BCUT2D eigenvalue weighted by Crippen LogP contribution is 2.28. The number of ether oxygens (including phenoxy) is 1. The van der Waals surface area contributed by atoms with E-state index in [1.165, 1.54) is 0 Å². The van der Waals surface area contributed by atoms with Crippen molar-refractivity contribution in [3.05, 3.63) is 29.8 Å². The molecule has 0 unspecified atom stereocenters. The van der Waals surface area contributed by atoms with Gasteiger partial charge in [-0.25, -0.2) is 0 Å². The van der Waals surface area contributed by atoms with E-state index in [9.17, 15) is 4.79 Å². The molecule has 1 N–H and O–H groups in total. The predicted octanol–water partition coefficient (Wildman–Crippen LogP) is 1.47. The van der Waals surface area contributed by atoms with E-state index < -0.39 is 5.41 Å². The number of hydrogen-bond acceptors (Lipinski definition) is 3. The van der Waals surface area contributed by atoms with E-state index in [0.717, 1.165) is 5.56 Å². The summed E-state index contributed by atoms with van der Waals surface area (Å²) in [5, 5.41) is 11.7. The summed E-state index contributed by atoms with van der Waals surface area (Å²) >= 11 is 0. The molecule has 1 aliphatic heterocycles. The highest BCUT2D eigenvalue weighted by atomic mass is 16.5. The van der Waals surface area contributed by atoms with Crippen molar-refractivity contribution in [1.29, 1.82) is 5.26 Å². The Morgan fingerprint density at radius 3 is 2.81 bits per heavy atom. The van der Waals surface area contributed by atoms with Crippen LogP contribution in [-0.2, 0) is 9.53 Å². The third-order valence-electron chi connectivity index (χ3n) is 2.62. The number of anilines is 1. The Bertz CT molecular complexity index is 458. The van der Waals surface area contributed by atoms with Crippen LogP contribution in [0.1, 0.15) is 5.56 Å². The van der Waals surface area contributed by atoms with Crippen molar-refractivity contribution in [2.45, 2.75) is 6.92 Å². The molecule has 1 amide bonds. The van der Waals surface area contributed by atoms with Gasteiger partial charge in [-0.3, -0.25) is 4.79 Å².